The number of rotatable bonds is 6. The molecule has 3 aromatic rings. The lowest BCUT2D eigenvalue weighted by Crippen LogP contribution is -2.21. The van der Waals surface area contributed by atoms with Crippen molar-refractivity contribution >= 4 is 28.3 Å². The van der Waals surface area contributed by atoms with Gasteiger partial charge in [-0.1, -0.05) is 36.4 Å². The van der Waals surface area contributed by atoms with Crippen molar-refractivity contribution in [3.05, 3.63) is 66.2 Å². The molecule has 6 nitrogen and oxygen atoms in total. The fourth-order valence-electron chi connectivity index (χ4n) is 2.77. The van der Waals surface area contributed by atoms with Gasteiger partial charge in [0.1, 0.15) is 11.5 Å². The highest BCUT2D eigenvalue weighted by molar-refractivity contribution is 6.07. The lowest BCUT2D eigenvalue weighted by molar-refractivity contribution is -0.119. The van der Waals surface area contributed by atoms with Gasteiger partial charge in [-0.15, -0.1) is 0 Å². The van der Waals surface area contributed by atoms with Gasteiger partial charge in [-0.3, -0.25) is 4.79 Å². The molecule has 0 fully saturated rings. The van der Waals surface area contributed by atoms with E-state index in [9.17, 15) is 9.59 Å². The zero-order chi connectivity index (χ0) is 19.2. The lowest BCUT2D eigenvalue weighted by atomic mass is 10.0. The van der Waals surface area contributed by atoms with E-state index in [1.54, 1.807) is 43.5 Å². The molecular weight excluding hydrogens is 346 g/mol. The molecule has 0 aromatic heterocycles. The number of para-hydroxylation sites is 2. The minimum atomic E-state index is -0.580. The van der Waals surface area contributed by atoms with E-state index in [0.717, 1.165) is 5.39 Å². The van der Waals surface area contributed by atoms with E-state index in [0.29, 0.717) is 28.1 Å². The first-order chi connectivity index (χ1) is 13.1. The summed E-state index contributed by atoms with van der Waals surface area (Å²) in [6.07, 6.45) is 0. The molecule has 3 rings (SSSR count). The topological polar surface area (TPSA) is 73.9 Å². The van der Waals surface area contributed by atoms with Gasteiger partial charge in [-0.25, -0.2) is 4.79 Å². The molecular formula is C21H19NO5. The van der Waals surface area contributed by atoms with Gasteiger partial charge in [0.2, 0.25) is 0 Å². The van der Waals surface area contributed by atoms with Crippen LogP contribution in [0.25, 0.3) is 10.8 Å². The third-order valence-electron chi connectivity index (χ3n) is 4.04. The summed E-state index contributed by atoms with van der Waals surface area (Å²) in [4.78, 5) is 24.6. The number of esters is 1. The van der Waals surface area contributed by atoms with Crippen molar-refractivity contribution in [2.45, 2.75) is 0 Å². The van der Waals surface area contributed by atoms with Crippen molar-refractivity contribution < 1.29 is 23.8 Å². The van der Waals surface area contributed by atoms with Gasteiger partial charge in [0, 0.05) is 5.39 Å². The zero-order valence-electron chi connectivity index (χ0n) is 15.0. The molecule has 0 unspecified atom stereocenters. The molecule has 27 heavy (non-hydrogen) atoms. The molecule has 0 radical (unpaired) electrons. The molecule has 3 aromatic carbocycles. The Hall–Kier alpha value is -3.54. The molecule has 138 valence electrons. The smallest absolute Gasteiger partial charge is 0.339 e. The fourth-order valence-corrected chi connectivity index (χ4v) is 2.77. The Morgan fingerprint density at radius 1 is 0.815 bits per heavy atom. The molecule has 0 spiro atoms. The minimum absolute atomic E-state index is 0.372. The minimum Gasteiger partial charge on any atom is -0.496 e. The SMILES string of the molecule is COc1ccccc1NC(=O)COC(=O)c1ccc(OC)c2ccccc12. The molecule has 0 aliphatic carbocycles. The number of hydrogen-bond donors (Lipinski definition) is 1. The van der Waals surface area contributed by atoms with Crippen LogP contribution >= 0.6 is 0 Å². The van der Waals surface area contributed by atoms with Crippen LogP contribution in [0.3, 0.4) is 0 Å². The molecule has 6 heteroatoms. The normalized spacial score (nSPS) is 10.3. The summed E-state index contributed by atoms with van der Waals surface area (Å²) in [6.45, 7) is -0.406. The second-order valence-electron chi connectivity index (χ2n) is 5.69. The number of hydrogen-bond acceptors (Lipinski definition) is 5. The summed E-state index contributed by atoms with van der Waals surface area (Å²) in [7, 11) is 3.09. The Labute approximate surface area is 156 Å². The number of nitrogens with one attached hydrogen (secondary N) is 1. The van der Waals surface area contributed by atoms with Gasteiger partial charge in [-0.2, -0.15) is 0 Å². The number of benzene rings is 3. The number of fused-ring (bicyclic) bond motifs is 1. The fraction of sp³-hybridized carbons (Fsp3) is 0.143. The monoisotopic (exact) mass is 365 g/mol. The summed E-state index contributed by atoms with van der Waals surface area (Å²) in [5.41, 5.74) is 0.882. The average Bonchev–Trinajstić information content (AvgIpc) is 2.71. The summed E-state index contributed by atoms with van der Waals surface area (Å²) < 4.78 is 15.7. The summed E-state index contributed by atoms with van der Waals surface area (Å²) in [6, 6.07) is 17.7. The highest BCUT2D eigenvalue weighted by Crippen LogP contribution is 2.28. The number of ether oxygens (including phenoxy) is 3. The van der Waals surface area contributed by atoms with E-state index in [2.05, 4.69) is 5.32 Å². The molecule has 0 saturated carbocycles. The highest BCUT2D eigenvalue weighted by atomic mass is 16.5. The van der Waals surface area contributed by atoms with Crippen molar-refractivity contribution in [2.75, 3.05) is 26.1 Å². The first-order valence-electron chi connectivity index (χ1n) is 8.29. The molecule has 1 N–H and O–H groups in total. The van der Waals surface area contributed by atoms with Gasteiger partial charge in [0.15, 0.2) is 6.61 Å². The molecule has 0 bridgehead atoms. The standard InChI is InChI=1S/C21H19NO5/c1-25-18-12-11-16(14-7-3-4-8-15(14)18)21(24)27-13-20(23)22-17-9-5-6-10-19(17)26-2/h3-12H,13H2,1-2H3,(H,22,23). The third kappa shape index (κ3) is 4.00. The van der Waals surface area contributed by atoms with E-state index < -0.39 is 18.5 Å². The van der Waals surface area contributed by atoms with Crippen LogP contribution in [0.5, 0.6) is 11.5 Å². The predicted octanol–water partition coefficient (Wildman–Crippen LogP) is 3.65. The number of anilines is 1. The first kappa shape index (κ1) is 18.3. The van der Waals surface area contributed by atoms with Crippen molar-refractivity contribution in [1.82, 2.24) is 0 Å². The molecule has 0 saturated heterocycles. The van der Waals surface area contributed by atoms with Crippen molar-refractivity contribution in [3.63, 3.8) is 0 Å². The summed E-state index contributed by atoms with van der Waals surface area (Å²) in [5.74, 6) is 0.157. The Kier molecular flexibility index (Phi) is 5.56. The van der Waals surface area contributed by atoms with Crippen LogP contribution in [0, 0.1) is 0 Å². The van der Waals surface area contributed by atoms with Gasteiger partial charge in [-0.05, 0) is 29.7 Å². The second kappa shape index (κ2) is 8.23. The molecule has 0 heterocycles. The van der Waals surface area contributed by atoms with Crippen LogP contribution in [0.4, 0.5) is 5.69 Å². The van der Waals surface area contributed by atoms with E-state index in [-0.39, 0.29) is 0 Å². The maximum Gasteiger partial charge on any atom is 0.339 e. The van der Waals surface area contributed by atoms with Crippen molar-refractivity contribution in [1.29, 1.82) is 0 Å². The number of carbonyl (C=O) groups excluding carboxylic acids is 2. The first-order valence-corrected chi connectivity index (χ1v) is 8.29. The summed E-state index contributed by atoms with van der Waals surface area (Å²) >= 11 is 0. The predicted molar refractivity (Wildman–Crippen MR) is 102 cm³/mol. The lowest BCUT2D eigenvalue weighted by Gasteiger charge is -2.11. The van der Waals surface area contributed by atoms with Gasteiger partial charge in [0.25, 0.3) is 5.91 Å². The number of amides is 1. The largest absolute Gasteiger partial charge is 0.496 e. The van der Waals surface area contributed by atoms with E-state index in [1.807, 2.05) is 24.3 Å². The number of methoxy groups -OCH3 is 2. The van der Waals surface area contributed by atoms with Crippen LogP contribution in [-0.2, 0) is 9.53 Å². The Bertz CT molecular complexity index is 983. The van der Waals surface area contributed by atoms with Crippen molar-refractivity contribution in [2.24, 2.45) is 0 Å². The van der Waals surface area contributed by atoms with E-state index in [4.69, 9.17) is 14.2 Å². The molecule has 0 aliphatic heterocycles. The zero-order valence-corrected chi connectivity index (χ0v) is 15.0. The van der Waals surface area contributed by atoms with Crippen LogP contribution in [0.15, 0.2) is 60.7 Å². The van der Waals surface area contributed by atoms with Crippen LogP contribution in [-0.4, -0.2) is 32.7 Å². The third-order valence-corrected chi connectivity index (χ3v) is 4.04. The summed E-state index contributed by atoms with van der Waals surface area (Å²) in [5, 5.41) is 4.16. The van der Waals surface area contributed by atoms with Gasteiger partial charge >= 0.3 is 5.97 Å². The Balaban J connectivity index is 1.71. The number of carbonyl (C=O) groups is 2. The molecule has 0 aliphatic rings. The Morgan fingerprint density at radius 2 is 1.48 bits per heavy atom. The molecule has 1 amide bonds. The Morgan fingerprint density at radius 3 is 2.22 bits per heavy atom. The van der Waals surface area contributed by atoms with Gasteiger partial charge < -0.3 is 19.5 Å². The maximum absolute atomic E-state index is 12.5. The maximum atomic E-state index is 12.5. The van der Waals surface area contributed by atoms with E-state index in [1.165, 1.54) is 7.11 Å². The average molecular weight is 365 g/mol. The highest BCUT2D eigenvalue weighted by Gasteiger charge is 2.16. The van der Waals surface area contributed by atoms with Crippen molar-refractivity contribution in [3.8, 4) is 11.5 Å². The van der Waals surface area contributed by atoms with E-state index >= 15 is 0 Å². The van der Waals surface area contributed by atoms with Crippen LogP contribution in [0.2, 0.25) is 0 Å². The van der Waals surface area contributed by atoms with Crippen LogP contribution in [0.1, 0.15) is 10.4 Å². The second-order valence-corrected chi connectivity index (χ2v) is 5.69. The van der Waals surface area contributed by atoms with Gasteiger partial charge in [0.05, 0.1) is 25.5 Å². The van der Waals surface area contributed by atoms with Crippen LogP contribution < -0.4 is 14.8 Å². The quantitative estimate of drug-likeness (QED) is 0.675. The molecule has 0 atom stereocenters.